The van der Waals surface area contributed by atoms with Crippen molar-refractivity contribution >= 4 is 6.08 Å². The number of rotatable bonds is 11. The van der Waals surface area contributed by atoms with Gasteiger partial charge in [-0.1, -0.05) is 30.4 Å². The quantitative estimate of drug-likeness (QED) is 0.356. The maximum atomic E-state index is 8.83. The minimum absolute atomic E-state index is 0.00179. The Morgan fingerprint density at radius 3 is 2.64 bits per heavy atom. The lowest BCUT2D eigenvalue weighted by Crippen LogP contribution is -2.11. The predicted octanol–water partition coefficient (Wildman–Crippen LogP) is 4.24. The molecule has 1 atom stereocenters. The van der Waals surface area contributed by atoms with Gasteiger partial charge in [-0.3, -0.25) is 5.26 Å². The summed E-state index contributed by atoms with van der Waals surface area (Å²) >= 11 is 0. The van der Waals surface area contributed by atoms with Crippen molar-refractivity contribution in [2.75, 3.05) is 20.3 Å². The Hall–Kier alpha value is -2.08. The molecule has 0 amide bonds. The summed E-state index contributed by atoms with van der Waals surface area (Å²) < 4.78 is 11.1. The first-order valence-electron chi connectivity index (χ1n) is 8.21. The van der Waals surface area contributed by atoms with Crippen molar-refractivity contribution in [3.63, 3.8) is 0 Å². The molecular formula is C20H28O5. The second kappa shape index (κ2) is 11.5. The summed E-state index contributed by atoms with van der Waals surface area (Å²) in [5.74, 6) is 1.30. The fourth-order valence-corrected chi connectivity index (χ4v) is 2.22. The third-order valence-corrected chi connectivity index (χ3v) is 3.75. The molecule has 5 nitrogen and oxygen atoms in total. The third kappa shape index (κ3) is 7.56. The van der Waals surface area contributed by atoms with Crippen molar-refractivity contribution in [2.45, 2.75) is 32.8 Å². The molecule has 0 saturated heterocycles. The normalized spacial score (nSPS) is 13.1. The highest BCUT2D eigenvalue weighted by Gasteiger charge is 2.09. The zero-order valence-corrected chi connectivity index (χ0v) is 15.2. The standard InChI is InChI=1S/C20H28O5/c1-15(2)18(25-22)9-7-16(3)11-13-24-19-10-8-17(6-5-12-21)14-20(19)23-4/h5-6,8,10-11,14,18,21-22H,1,7,9,12-13H2,2-4H3/b6-5+,16-11+/t18-/m1/s1. The molecule has 2 N–H and O–H groups in total. The van der Waals surface area contributed by atoms with Gasteiger partial charge in [0.1, 0.15) is 12.7 Å². The maximum Gasteiger partial charge on any atom is 0.161 e. The molecular weight excluding hydrogens is 320 g/mol. The molecule has 0 aliphatic heterocycles. The van der Waals surface area contributed by atoms with Crippen LogP contribution in [0.4, 0.5) is 0 Å². The van der Waals surface area contributed by atoms with Gasteiger partial charge in [0.2, 0.25) is 0 Å². The number of allylic oxidation sites excluding steroid dienone is 1. The van der Waals surface area contributed by atoms with Crippen LogP contribution in [0.25, 0.3) is 6.08 Å². The molecule has 1 aromatic carbocycles. The van der Waals surface area contributed by atoms with Crippen LogP contribution in [-0.2, 0) is 4.89 Å². The van der Waals surface area contributed by atoms with Gasteiger partial charge in [-0.2, -0.15) is 0 Å². The van der Waals surface area contributed by atoms with E-state index in [1.807, 2.05) is 44.2 Å². The zero-order chi connectivity index (χ0) is 18.7. The Bertz CT molecular complexity index is 604. The number of hydrogen-bond donors (Lipinski definition) is 2. The van der Waals surface area contributed by atoms with Crippen LogP contribution >= 0.6 is 0 Å². The SMILES string of the molecule is C=C(C)[C@@H](CC/C(C)=C/COc1ccc(/C=C/CO)cc1OC)OO. The minimum Gasteiger partial charge on any atom is -0.493 e. The van der Waals surface area contributed by atoms with Crippen molar-refractivity contribution in [1.82, 2.24) is 0 Å². The van der Waals surface area contributed by atoms with Crippen LogP contribution in [0.5, 0.6) is 11.5 Å². The van der Waals surface area contributed by atoms with Crippen LogP contribution < -0.4 is 9.47 Å². The van der Waals surface area contributed by atoms with E-state index < -0.39 is 0 Å². The van der Waals surface area contributed by atoms with Gasteiger partial charge >= 0.3 is 0 Å². The maximum absolute atomic E-state index is 8.83. The van der Waals surface area contributed by atoms with Crippen LogP contribution in [0.1, 0.15) is 32.3 Å². The molecule has 0 radical (unpaired) electrons. The van der Waals surface area contributed by atoms with Gasteiger partial charge in [-0.05, 0) is 56.0 Å². The Morgan fingerprint density at radius 2 is 2.04 bits per heavy atom. The number of ether oxygens (including phenoxy) is 2. The number of hydrogen-bond acceptors (Lipinski definition) is 5. The minimum atomic E-state index is -0.344. The highest BCUT2D eigenvalue weighted by atomic mass is 17.1. The fraction of sp³-hybridized carbons (Fsp3) is 0.400. The molecule has 138 valence electrons. The van der Waals surface area contributed by atoms with Crippen molar-refractivity contribution in [1.29, 1.82) is 0 Å². The molecule has 0 aliphatic rings. The van der Waals surface area contributed by atoms with Gasteiger partial charge in [0.25, 0.3) is 0 Å². The Labute approximate surface area is 149 Å². The summed E-state index contributed by atoms with van der Waals surface area (Å²) in [5, 5.41) is 17.7. The lowest BCUT2D eigenvalue weighted by molar-refractivity contribution is -0.269. The van der Waals surface area contributed by atoms with Crippen molar-refractivity contribution in [3.05, 3.63) is 53.6 Å². The Balaban J connectivity index is 2.59. The van der Waals surface area contributed by atoms with E-state index in [4.69, 9.17) is 19.8 Å². The van der Waals surface area contributed by atoms with E-state index in [0.717, 1.165) is 23.1 Å². The lowest BCUT2D eigenvalue weighted by atomic mass is 10.0. The number of aliphatic hydroxyl groups excluding tert-OH is 1. The van der Waals surface area contributed by atoms with E-state index in [-0.39, 0.29) is 12.7 Å². The summed E-state index contributed by atoms with van der Waals surface area (Å²) in [6, 6.07) is 5.60. The number of methoxy groups -OCH3 is 1. The van der Waals surface area contributed by atoms with Gasteiger partial charge in [0, 0.05) is 0 Å². The van der Waals surface area contributed by atoms with Gasteiger partial charge < -0.3 is 14.6 Å². The van der Waals surface area contributed by atoms with Gasteiger partial charge in [-0.25, -0.2) is 4.89 Å². The molecule has 1 aromatic rings. The second-order valence-electron chi connectivity index (χ2n) is 5.84. The summed E-state index contributed by atoms with van der Waals surface area (Å²) in [7, 11) is 1.59. The molecule has 1 rings (SSSR count). The zero-order valence-electron chi connectivity index (χ0n) is 15.2. The van der Waals surface area contributed by atoms with E-state index in [2.05, 4.69) is 11.5 Å². The molecule has 0 bridgehead atoms. The first-order valence-corrected chi connectivity index (χ1v) is 8.21. The fourth-order valence-electron chi connectivity index (χ4n) is 2.22. The van der Waals surface area contributed by atoms with E-state index in [1.165, 1.54) is 0 Å². The van der Waals surface area contributed by atoms with E-state index >= 15 is 0 Å². The summed E-state index contributed by atoms with van der Waals surface area (Å²) in [5.41, 5.74) is 2.87. The molecule has 5 heteroatoms. The largest absolute Gasteiger partial charge is 0.493 e. The van der Waals surface area contributed by atoms with Crippen LogP contribution in [0, 0.1) is 0 Å². The van der Waals surface area contributed by atoms with E-state index in [1.54, 1.807) is 13.2 Å². The monoisotopic (exact) mass is 348 g/mol. The Kier molecular flexibility index (Phi) is 9.62. The highest BCUT2D eigenvalue weighted by Crippen LogP contribution is 2.28. The van der Waals surface area contributed by atoms with E-state index in [9.17, 15) is 0 Å². The average molecular weight is 348 g/mol. The first-order chi connectivity index (χ1) is 12.0. The number of benzene rings is 1. The lowest BCUT2D eigenvalue weighted by Gasteiger charge is -2.13. The van der Waals surface area contributed by atoms with Gasteiger partial charge in [0.15, 0.2) is 11.5 Å². The summed E-state index contributed by atoms with van der Waals surface area (Å²) in [4.78, 5) is 4.41. The molecule has 0 spiro atoms. The second-order valence-corrected chi connectivity index (χ2v) is 5.84. The predicted molar refractivity (Wildman–Crippen MR) is 99.9 cm³/mol. The number of aliphatic hydroxyl groups is 1. The average Bonchev–Trinajstić information content (AvgIpc) is 2.60. The van der Waals surface area contributed by atoms with Crippen molar-refractivity contribution in [2.24, 2.45) is 0 Å². The molecule has 0 aliphatic carbocycles. The topological polar surface area (TPSA) is 68.2 Å². The molecule has 25 heavy (non-hydrogen) atoms. The smallest absolute Gasteiger partial charge is 0.161 e. The Morgan fingerprint density at radius 1 is 1.28 bits per heavy atom. The van der Waals surface area contributed by atoms with Gasteiger partial charge in [0.05, 0.1) is 13.7 Å². The third-order valence-electron chi connectivity index (χ3n) is 3.75. The van der Waals surface area contributed by atoms with Crippen LogP contribution in [0.2, 0.25) is 0 Å². The van der Waals surface area contributed by atoms with Crippen molar-refractivity contribution < 1.29 is 24.7 Å². The van der Waals surface area contributed by atoms with Crippen LogP contribution in [-0.4, -0.2) is 36.8 Å². The molecule has 0 saturated carbocycles. The molecule has 0 aromatic heterocycles. The highest BCUT2D eigenvalue weighted by molar-refractivity contribution is 5.55. The molecule has 0 heterocycles. The van der Waals surface area contributed by atoms with Crippen LogP contribution in [0.3, 0.4) is 0 Å². The van der Waals surface area contributed by atoms with Crippen molar-refractivity contribution in [3.8, 4) is 11.5 Å². The molecule has 0 fully saturated rings. The summed E-state index contributed by atoms with van der Waals surface area (Å²) in [6.45, 7) is 8.05. The summed E-state index contributed by atoms with van der Waals surface area (Å²) in [6.07, 6.45) is 6.58. The van der Waals surface area contributed by atoms with Crippen LogP contribution in [0.15, 0.2) is 48.1 Å². The molecule has 0 unspecified atom stereocenters. The first kappa shape index (κ1) is 21.0. The van der Waals surface area contributed by atoms with Gasteiger partial charge in [-0.15, -0.1) is 0 Å². The van der Waals surface area contributed by atoms with E-state index in [0.29, 0.717) is 24.5 Å².